The highest BCUT2D eigenvalue weighted by Crippen LogP contribution is 2.49. The molecule has 1 saturated carbocycles. The van der Waals surface area contributed by atoms with Gasteiger partial charge in [-0.2, -0.15) is 5.10 Å². The average Bonchev–Trinajstić information content (AvgIpc) is 2.48. The van der Waals surface area contributed by atoms with E-state index in [2.05, 4.69) is 11.0 Å². The number of alkyl halides is 2. The van der Waals surface area contributed by atoms with Gasteiger partial charge >= 0.3 is 0 Å². The summed E-state index contributed by atoms with van der Waals surface area (Å²) in [6, 6.07) is 0. The van der Waals surface area contributed by atoms with E-state index in [0.29, 0.717) is 5.56 Å². The summed E-state index contributed by atoms with van der Waals surface area (Å²) in [6.45, 7) is 0.259. The van der Waals surface area contributed by atoms with Crippen molar-refractivity contribution in [1.82, 2.24) is 9.78 Å². The molecule has 0 aliphatic heterocycles. The molecule has 0 amide bonds. The fourth-order valence-corrected chi connectivity index (χ4v) is 1.23. The molecular weight excluding hydrogens is 174 g/mol. The Bertz CT molecular complexity index is 362. The lowest BCUT2D eigenvalue weighted by molar-refractivity contribution is 0.0942. The van der Waals surface area contributed by atoms with Crippen molar-refractivity contribution in [2.75, 3.05) is 0 Å². The number of halogens is 2. The lowest BCUT2D eigenvalue weighted by Crippen LogP contribution is -2.05. The maximum Gasteiger partial charge on any atom is 0.253 e. The quantitative estimate of drug-likeness (QED) is 0.634. The van der Waals surface area contributed by atoms with Crippen LogP contribution in [0.15, 0.2) is 12.4 Å². The lowest BCUT2D eigenvalue weighted by atomic mass is 10.4. The summed E-state index contributed by atoms with van der Waals surface area (Å²) in [5.74, 6) is -0.650. The van der Waals surface area contributed by atoms with Crippen LogP contribution < -0.4 is 0 Å². The van der Waals surface area contributed by atoms with Crippen molar-refractivity contribution in [1.29, 1.82) is 0 Å². The molecule has 13 heavy (non-hydrogen) atoms. The number of nitrogens with zero attached hydrogens (tertiary/aromatic N) is 2. The lowest BCUT2D eigenvalue weighted by Gasteiger charge is -1.98. The second-order valence-corrected chi connectivity index (χ2v) is 3.26. The zero-order valence-corrected chi connectivity index (χ0v) is 6.87. The Morgan fingerprint density at radius 2 is 2.46 bits per heavy atom. The summed E-state index contributed by atoms with van der Waals surface area (Å²) in [6.07, 6.45) is 8.19. The average molecular weight is 182 g/mol. The molecule has 1 atom stereocenters. The van der Waals surface area contributed by atoms with E-state index in [1.54, 1.807) is 6.20 Å². The maximum absolute atomic E-state index is 12.5. The van der Waals surface area contributed by atoms with Gasteiger partial charge in [-0.05, 0) is 0 Å². The van der Waals surface area contributed by atoms with Gasteiger partial charge in [0.05, 0.1) is 11.8 Å². The number of rotatable bonds is 2. The Balaban J connectivity index is 2.00. The van der Waals surface area contributed by atoms with Crippen molar-refractivity contribution in [2.24, 2.45) is 5.92 Å². The minimum Gasteiger partial charge on any atom is -0.271 e. The van der Waals surface area contributed by atoms with Crippen LogP contribution in [0.25, 0.3) is 0 Å². The molecule has 0 bridgehead atoms. The summed E-state index contributed by atoms with van der Waals surface area (Å²) in [4.78, 5) is 0. The molecule has 2 rings (SSSR count). The Labute approximate surface area is 74.6 Å². The van der Waals surface area contributed by atoms with Crippen molar-refractivity contribution < 1.29 is 8.78 Å². The van der Waals surface area contributed by atoms with Crippen molar-refractivity contribution in [3.05, 3.63) is 18.0 Å². The third-order valence-corrected chi connectivity index (χ3v) is 2.16. The predicted molar refractivity (Wildman–Crippen MR) is 43.2 cm³/mol. The van der Waals surface area contributed by atoms with Crippen LogP contribution in [0.4, 0.5) is 8.78 Å². The molecule has 1 heterocycles. The molecule has 0 N–H and O–H groups in total. The van der Waals surface area contributed by atoms with Crippen LogP contribution in [0.1, 0.15) is 12.0 Å². The summed E-state index contributed by atoms with van der Waals surface area (Å²) >= 11 is 0. The smallest absolute Gasteiger partial charge is 0.253 e. The van der Waals surface area contributed by atoms with Crippen molar-refractivity contribution >= 4 is 0 Å². The Kier molecular flexibility index (Phi) is 1.62. The highest BCUT2D eigenvalue weighted by atomic mass is 19.3. The van der Waals surface area contributed by atoms with E-state index >= 15 is 0 Å². The van der Waals surface area contributed by atoms with E-state index in [1.165, 1.54) is 10.9 Å². The van der Waals surface area contributed by atoms with E-state index in [4.69, 9.17) is 6.42 Å². The molecule has 0 saturated heterocycles. The van der Waals surface area contributed by atoms with Gasteiger partial charge < -0.3 is 0 Å². The highest BCUT2D eigenvalue weighted by Gasteiger charge is 2.56. The molecule has 4 heteroatoms. The predicted octanol–water partition coefficient (Wildman–Crippen LogP) is 1.52. The van der Waals surface area contributed by atoms with E-state index < -0.39 is 11.8 Å². The minimum atomic E-state index is -2.48. The Hall–Kier alpha value is -1.37. The van der Waals surface area contributed by atoms with Gasteiger partial charge in [0, 0.05) is 25.1 Å². The van der Waals surface area contributed by atoms with Crippen LogP contribution in [0.3, 0.4) is 0 Å². The number of hydrogen-bond acceptors (Lipinski definition) is 1. The fourth-order valence-electron chi connectivity index (χ4n) is 1.23. The molecular formula is C9H8F2N2. The van der Waals surface area contributed by atoms with Crippen LogP contribution in [-0.4, -0.2) is 15.7 Å². The van der Waals surface area contributed by atoms with Crippen LogP contribution in [-0.2, 0) is 6.54 Å². The van der Waals surface area contributed by atoms with E-state index in [0.717, 1.165) is 0 Å². The normalized spacial score (nSPS) is 23.9. The van der Waals surface area contributed by atoms with Gasteiger partial charge in [0.15, 0.2) is 0 Å². The molecule has 0 aromatic carbocycles. The maximum atomic E-state index is 12.5. The largest absolute Gasteiger partial charge is 0.271 e. The Morgan fingerprint density at radius 3 is 2.92 bits per heavy atom. The second-order valence-electron chi connectivity index (χ2n) is 3.26. The molecule has 2 nitrogen and oxygen atoms in total. The van der Waals surface area contributed by atoms with Crippen molar-refractivity contribution in [3.63, 3.8) is 0 Å². The first kappa shape index (κ1) is 8.24. The van der Waals surface area contributed by atoms with Gasteiger partial charge in [-0.1, -0.05) is 5.92 Å². The van der Waals surface area contributed by atoms with Crippen LogP contribution >= 0.6 is 0 Å². The van der Waals surface area contributed by atoms with Crippen molar-refractivity contribution in [2.45, 2.75) is 18.9 Å². The van der Waals surface area contributed by atoms with Crippen LogP contribution in [0, 0.1) is 18.3 Å². The Morgan fingerprint density at radius 1 is 1.77 bits per heavy atom. The summed E-state index contributed by atoms with van der Waals surface area (Å²) in [5, 5.41) is 3.87. The fraction of sp³-hybridized carbons (Fsp3) is 0.444. The molecule has 1 aliphatic carbocycles. The SMILES string of the molecule is C#Cc1cnn(CC2CC2(F)F)c1. The molecule has 0 spiro atoms. The first-order chi connectivity index (χ1) is 6.12. The second kappa shape index (κ2) is 2.56. The van der Waals surface area contributed by atoms with E-state index in [9.17, 15) is 8.78 Å². The molecule has 68 valence electrons. The molecule has 1 aliphatic rings. The van der Waals surface area contributed by atoms with Gasteiger partial charge in [-0.15, -0.1) is 6.42 Å². The van der Waals surface area contributed by atoms with Gasteiger partial charge in [-0.25, -0.2) is 8.78 Å². The van der Waals surface area contributed by atoms with E-state index in [-0.39, 0.29) is 13.0 Å². The van der Waals surface area contributed by atoms with E-state index in [1.807, 2.05) is 0 Å². The highest BCUT2D eigenvalue weighted by molar-refractivity contribution is 5.26. The van der Waals surface area contributed by atoms with Gasteiger partial charge in [0.1, 0.15) is 0 Å². The summed E-state index contributed by atoms with van der Waals surface area (Å²) in [7, 11) is 0. The third kappa shape index (κ3) is 1.55. The third-order valence-electron chi connectivity index (χ3n) is 2.16. The monoisotopic (exact) mass is 182 g/mol. The van der Waals surface area contributed by atoms with Gasteiger partial charge in [-0.3, -0.25) is 4.68 Å². The molecule has 1 unspecified atom stereocenters. The number of hydrogen-bond donors (Lipinski definition) is 0. The standard InChI is InChI=1S/C9H8F2N2/c1-2-7-4-12-13(5-7)6-8-3-9(8,10)11/h1,4-5,8H,3,6H2. The van der Waals surface area contributed by atoms with Crippen molar-refractivity contribution in [3.8, 4) is 12.3 Å². The van der Waals surface area contributed by atoms with Crippen LogP contribution in [0.5, 0.6) is 0 Å². The summed E-state index contributed by atoms with van der Waals surface area (Å²) in [5.41, 5.74) is 0.629. The molecule has 0 radical (unpaired) electrons. The topological polar surface area (TPSA) is 17.8 Å². The molecule has 1 fully saturated rings. The van der Waals surface area contributed by atoms with Gasteiger partial charge in [0.2, 0.25) is 0 Å². The number of terminal acetylenes is 1. The first-order valence-electron chi connectivity index (χ1n) is 3.99. The molecule has 1 aromatic heterocycles. The summed E-state index contributed by atoms with van der Waals surface area (Å²) < 4.78 is 26.5. The zero-order valence-electron chi connectivity index (χ0n) is 6.87. The van der Waals surface area contributed by atoms with Gasteiger partial charge in [0.25, 0.3) is 5.92 Å². The number of aromatic nitrogens is 2. The molecule has 1 aromatic rings. The first-order valence-corrected chi connectivity index (χ1v) is 3.99. The minimum absolute atomic E-state index is 0.0295. The zero-order chi connectivity index (χ0) is 9.47. The van der Waals surface area contributed by atoms with Crippen LogP contribution in [0.2, 0.25) is 0 Å².